The third-order valence-electron chi connectivity index (χ3n) is 3.03. The van der Waals surface area contributed by atoms with Gasteiger partial charge in [-0.15, -0.1) is 0 Å². The summed E-state index contributed by atoms with van der Waals surface area (Å²) in [6.07, 6.45) is 1.76. The van der Waals surface area contributed by atoms with E-state index < -0.39 is 0 Å². The fourth-order valence-electron chi connectivity index (χ4n) is 2.01. The summed E-state index contributed by atoms with van der Waals surface area (Å²) in [6.45, 7) is 6.43. The molecule has 2 aromatic heterocycles. The zero-order chi connectivity index (χ0) is 14.0. The van der Waals surface area contributed by atoms with Gasteiger partial charge in [-0.3, -0.25) is 4.79 Å². The Hall–Kier alpha value is -2.17. The number of aromatic nitrogens is 1. The van der Waals surface area contributed by atoms with Gasteiger partial charge in [0, 0.05) is 12.7 Å². The molecule has 1 atom stereocenters. The van der Waals surface area contributed by atoms with Gasteiger partial charge in [0.15, 0.2) is 0 Å². The Morgan fingerprint density at radius 1 is 1.53 bits per heavy atom. The van der Waals surface area contributed by atoms with Crippen LogP contribution in [0.5, 0.6) is 0 Å². The maximum Gasteiger partial charge on any atom is 0.268 e. The molecule has 3 N–H and O–H groups in total. The van der Waals surface area contributed by atoms with Crippen molar-refractivity contribution in [1.29, 1.82) is 0 Å². The third-order valence-corrected chi connectivity index (χ3v) is 3.03. The number of furan rings is 1. The van der Waals surface area contributed by atoms with Gasteiger partial charge in [0.2, 0.25) is 0 Å². The average Bonchev–Trinajstić information content (AvgIpc) is 2.95. The molecule has 2 aromatic rings. The van der Waals surface area contributed by atoms with Crippen molar-refractivity contribution in [3.63, 3.8) is 0 Å². The number of aryl methyl sites for hydroxylation is 2. The van der Waals surface area contributed by atoms with Crippen LogP contribution in [0.1, 0.15) is 41.9 Å². The molecule has 0 saturated heterocycles. The molecule has 5 nitrogen and oxygen atoms in total. The number of nitrogens with two attached hydrogens (primary N) is 1. The van der Waals surface area contributed by atoms with Crippen LogP contribution in [0.3, 0.4) is 0 Å². The van der Waals surface area contributed by atoms with E-state index in [1.165, 1.54) is 0 Å². The molecular formula is C14H19N3O2. The summed E-state index contributed by atoms with van der Waals surface area (Å²) in [5, 5.41) is 2.90. The molecule has 1 unspecified atom stereocenters. The highest BCUT2D eigenvalue weighted by molar-refractivity contribution is 5.94. The average molecular weight is 261 g/mol. The van der Waals surface area contributed by atoms with Gasteiger partial charge in [-0.1, -0.05) is 0 Å². The number of nitrogen functional groups attached to an aromatic ring is 1. The van der Waals surface area contributed by atoms with E-state index in [0.717, 1.165) is 11.5 Å². The third kappa shape index (κ3) is 2.81. The van der Waals surface area contributed by atoms with Gasteiger partial charge < -0.3 is 20.0 Å². The van der Waals surface area contributed by atoms with Crippen LogP contribution in [0.25, 0.3) is 0 Å². The number of nitrogens with zero attached hydrogens (tertiary/aromatic N) is 1. The summed E-state index contributed by atoms with van der Waals surface area (Å²) in [7, 11) is 0. The van der Waals surface area contributed by atoms with Crippen molar-refractivity contribution in [3.05, 3.63) is 41.6 Å². The second kappa shape index (κ2) is 5.22. The number of hydrogen-bond acceptors (Lipinski definition) is 3. The smallest absolute Gasteiger partial charge is 0.268 e. The quantitative estimate of drug-likeness (QED) is 0.888. The van der Waals surface area contributed by atoms with Crippen molar-refractivity contribution in [1.82, 2.24) is 9.88 Å². The van der Waals surface area contributed by atoms with E-state index in [2.05, 4.69) is 5.32 Å². The summed E-state index contributed by atoms with van der Waals surface area (Å²) in [6, 6.07) is 5.25. The Kier molecular flexibility index (Phi) is 3.64. The maximum atomic E-state index is 12.2. The minimum Gasteiger partial charge on any atom is -0.464 e. The molecule has 0 aliphatic carbocycles. The lowest BCUT2D eigenvalue weighted by atomic mass is 10.2. The fourth-order valence-corrected chi connectivity index (χ4v) is 2.01. The zero-order valence-electron chi connectivity index (χ0n) is 11.4. The van der Waals surface area contributed by atoms with Crippen LogP contribution in [0, 0.1) is 6.92 Å². The monoisotopic (exact) mass is 261 g/mol. The minimum absolute atomic E-state index is 0.153. The molecule has 19 heavy (non-hydrogen) atoms. The molecule has 102 valence electrons. The molecule has 0 bridgehead atoms. The van der Waals surface area contributed by atoms with Crippen LogP contribution >= 0.6 is 0 Å². The number of anilines is 1. The zero-order valence-corrected chi connectivity index (χ0v) is 11.4. The first-order chi connectivity index (χ1) is 9.01. The van der Waals surface area contributed by atoms with Gasteiger partial charge in [-0.2, -0.15) is 0 Å². The number of carbonyl (C=O) groups is 1. The standard InChI is InChI=1S/C14H19N3O2/c1-4-17-8-11(15)7-12(17)14(18)16-10(3)13-6-5-9(2)19-13/h5-8,10H,4,15H2,1-3H3,(H,16,18). The molecule has 0 aliphatic rings. The summed E-state index contributed by atoms with van der Waals surface area (Å²) in [4.78, 5) is 12.2. The molecule has 5 heteroatoms. The number of amides is 1. The summed E-state index contributed by atoms with van der Waals surface area (Å²) < 4.78 is 7.32. The van der Waals surface area contributed by atoms with Gasteiger partial charge in [0.05, 0.1) is 11.7 Å². The molecule has 0 saturated carbocycles. The van der Waals surface area contributed by atoms with Gasteiger partial charge in [-0.25, -0.2) is 0 Å². The molecule has 1 amide bonds. The lowest BCUT2D eigenvalue weighted by Gasteiger charge is -2.12. The van der Waals surface area contributed by atoms with Gasteiger partial charge in [0.25, 0.3) is 5.91 Å². The van der Waals surface area contributed by atoms with Crippen molar-refractivity contribution in [2.45, 2.75) is 33.4 Å². The Balaban J connectivity index is 2.12. The highest BCUT2D eigenvalue weighted by atomic mass is 16.3. The molecule has 2 heterocycles. The SMILES string of the molecule is CCn1cc(N)cc1C(=O)NC(C)c1ccc(C)o1. The maximum absolute atomic E-state index is 12.2. The van der Waals surface area contributed by atoms with Gasteiger partial charge in [0.1, 0.15) is 17.2 Å². The van der Waals surface area contributed by atoms with E-state index in [4.69, 9.17) is 10.2 Å². The van der Waals surface area contributed by atoms with Crippen LogP contribution in [0.4, 0.5) is 5.69 Å². The first-order valence-electron chi connectivity index (χ1n) is 6.34. The molecular weight excluding hydrogens is 242 g/mol. The number of rotatable bonds is 4. The molecule has 0 spiro atoms. The van der Waals surface area contributed by atoms with Crippen molar-refractivity contribution in [3.8, 4) is 0 Å². The fraction of sp³-hybridized carbons (Fsp3) is 0.357. The second-order valence-corrected chi connectivity index (χ2v) is 4.59. The Labute approximate surface area is 112 Å². The first kappa shape index (κ1) is 13.3. The van der Waals surface area contributed by atoms with Crippen LogP contribution in [-0.2, 0) is 6.54 Å². The summed E-state index contributed by atoms with van der Waals surface area (Å²) in [5.41, 5.74) is 6.87. The van der Waals surface area contributed by atoms with Gasteiger partial charge in [-0.05, 0) is 39.0 Å². The largest absolute Gasteiger partial charge is 0.464 e. The first-order valence-corrected chi connectivity index (χ1v) is 6.34. The summed E-state index contributed by atoms with van der Waals surface area (Å²) >= 11 is 0. The highest BCUT2D eigenvalue weighted by Gasteiger charge is 2.17. The number of carbonyl (C=O) groups excluding carboxylic acids is 1. The van der Waals surface area contributed by atoms with Crippen LogP contribution < -0.4 is 11.1 Å². The van der Waals surface area contributed by atoms with Crippen molar-refractivity contribution < 1.29 is 9.21 Å². The van der Waals surface area contributed by atoms with Crippen molar-refractivity contribution >= 4 is 11.6 Å². The predicted molar refractivity (Wildman–Crippen MR) is 73.8 cm³/mol. The van der Waals surface area contributed by atoms with E-state index in [9.17, 15) is 4.79 Å². The Morgan fingerprint density at radius 3 is 2.84 bits per heavy atom. The number of hydrogen-bond donors (Lipinski definition) is 2. The minimum atomic E-state index is -0.178. The van der Waals surface area contributed by atoms with E-state index in [1.807, 2.05) is 37.5 Å². The van der Waals surface area contributed by atoms with Gasteiger partial charge >= 0.3 is 0 Å². The Morgan fingerprint density at radius 2 is 2.26 bits per heavy atom. The highest BCUT2D eigenvalue weighted by Crippen LogP contribution is 2.17. The Bertz CT molecular complexity index is 583. The molecule has 2 rings (SSSR count). The lowest BCUT2D eigenvalue weighted by molar-refractivity contribution is 0.0926. The second-order valence-electron chi connectivity index (χ2n) is 4.59. The van der Waals surface area contributed by atoms with Crippen LogP contribution in [0.2, 0.25) is 0 Å². The van der Waals surface area contributed by atoms with Crippen molar-refractivity contribution in [2.24, 2.45) is 0 Å². The van der Waals surface area contributed by atoms with Crippen LogP contribution in [0.15, 0.2) is 28.8 Å². The lowest BCUT2D eigenvalue weighted by Crippen LogP contribution is -2.28. The van der Waals surface area contributed by atoms with Crippen LogP contribution in [-0.4, -0.2) is 10.5 Å². The topological polar surface area (TPSA) is 73.2 Å². The molecule has 0 radical (unpaired) electrons. The van der Waals surface area contributed by atoms with E-state index in [1.54, 1.807) is 12.3 Å². The van der Waals surface area contributed by atoms with E-state index in [0.29, 0.717) is 17.9 Å². The van der Waals surface area contributed by atoms with Crippen molar-refractivity contribution in [2.75, 3.05) is 5.73 Å². The molecule has 0 aromatic carbocycles. The predicted octanol–water partition coefficient (Wildman–Crippen LogP) is 2.48. The number of nitrogens with one attached hydrogen (secondary N) is 1. The molecule has 0 aliphatic heterocycles. The van der Waals surface area contributed by atoms with E-state index >= 15 is 0 Å². The van der Waals surface area contributed by atoms with E-state index in [-0.39, 0.29) is 11.9 Å². The summed E-state index contributed by atoms with van der Waals surface area (Å²) in [5.74, 6) is 1.42. The molecule has 0 fully saturated rings. The normalized spacial score (nSPS) is 12.4.